The van der Waals surface area contributed by atoms with Crippen molar-refractivity contribution in [2.75, 3.05) is 24.9 Å². The molecule has 10 heteroatoms. The van der Waals surface area contributed by atoms with Crippen molar-refractivity contribution < 1.29 is 19.1 Å². The number of hydrogen-bond donors (Lipinski definition) is 4. The smallest absolute Gasteiger partial charge is 0.324 e. The number of nitrogens with zero attached hydrogens (tertiary/aromatic N) is 2. The van der Waals surface area contributed by atoms with Crippen LogP contribution in [0, 0.1) is 12.8 Å². The van der Waals surface area contributed by atoms with E-state index in [4.69, 9.17) is 9.47 Å². The monoisotopic (exact) mass is 416 g/mol. The topological polar surface area (TPSA) is 119 Å². The predicted octanol–water partition coefficient (Wildman–Crippen LogP) is 2.44. The Bertz CT molecular complexity index is 928. The highest BCUT2D eigenvalue weighted by Gasteiger charge is 2.34. The zero-order valence-electron chi connectivity index (χ0n) is 17.8. The molecule has 0 bridgehead atoms. The van der Waals surface area contributed by atoms with Crippen LogP contribution in [-0.4, -0.2) is 42.0 Å². The summed E-state index contributed by atoms with van der Waals surface area (Å²) in [6, 6.07) is 6.33. The molecule has 2 aromatic rings. The summed E-state index contributed by atoms with van der Waals surface area (Å²) in [6.07, 6.45) is 0.185. The van der Waals surface area contributed by atoms with Crippen LogP contribution in [-0.2, 0) is 4.79 Å². The van der Waals surface area contributed by atoms with Gasteiger partial charge in [-0.3, -0.25) is 15.4 Å². The summed E-state index contributed by atoms with van der Waals surface area (Å²) in [4.78, 5) is 25.0. The van der Waals surface area contributed by atoms with E-state index in [0.717, 1.165) is 6.42 Å². The predicted molar refractivity (Wildman–Crippen MR) is 113 cm³/mol. The Hall–Kier alpha value is -3.27. The molecule has 0 radical (unpaired) electrons. The molecule has 0 spiro atoms. The van der Waals surface area contributed by atoms with Crippen molar-refractivity contribution in [3.63, 3.8) is 0 Å². The molecule has 3 rings (SSSR count). The van der Waals surface area contributed by atoms with E-state index < -0.39 is 12.3 Å². The van der Waals surface area contributed by atoms with Crippen LogP contribution in [0.1, 0.15) is 32.3 Å². The Labute approximate surface area is 175 Å². The van der Waals surface area contributed by atoms with E-state index in [-0.39, 0.29) is 17.9 Å². The molecule has 1 fully saturated rings. The number of aryl methyl sites for hydroxylation is 1. The van der Waals surface area contributed by atoms with E-state index in [9.17, 15) is 9.59 Å². The molecule has 0 aliphatic carbocycles. The number of anilines is 2. The molecule has 1 aromatic heterocycles. The van der Waals surface area contributed by atoms with Gasteiger partial charge < -0.3 is 20.1 Å². The summed E-state index contributed by atoms with van der Waals surface area (Å²) in [5.41, 5.74) is 1.24. The Morgan fingerprint density at radius 2 is 1.93 bits per heavy atom. The van der Waals surface area contributed by atoms with Gasteiger partial charge >= 0.3 is 6.03 Å². The largest absolute Gasteiger partial charge is 0.493 e. The first kappa shape index (κ1) is 21.4. The second-order valence-electron chi connectivity index (χ2n) is 7.15. The minimum Gasteiger partial charge on any atom is -0.493 e. The van der Waals surface area contributed by atoms with Crippen LogP contribution in [0.5, 0.6) is 11.5 Å². The Balaban J connectivity index is 1.73. The second kappa shape index (κ2) is 9.04. The minimum atomic E-state index is -0.555. The average Bonchev–Trinajstić information content (AvgIpc) is 3.07. The molecule has 4 N–H and O–H groups in total. The number of ether oxygens (including phenoxy) is 2. The van der Waals surface area contributed by atoms with E-state index in [0.29, 0.717) is 28.7 Å². The molecule has 1 aliphatic heterocycles. The first-order valence-electron chi connectivity index (χ1n) is 9.78. The third-order valence-corrected chi connectivity index (χ3v) is 5.07. The van der Waals surface area contributed by atoms with Crippen molar-refractivity contribution in [3.8, 4) is 11.5 Å². The van der Waals surface area contributed by atoms with Crippen LogP contribution in [0.25, 0.3) is 0 Å². The van der Waals surface area contributed by atoms with Crippen molar-refractivity contribution in [2.24, 2.45) is 5.92 Å². The van der Waals surface area contributed by atoms with Gasteiger partial charge in [-0.15, -0.1) is 0 Å². The molecule has 30 heavy (non-hydrogen) atoms. The summed E-state index contributed by atoms with van der Waals surface area (Å²) in [5, 5.41) is 16.2. The van der Waals surface area contributed by atoms with Crippen LogP contribution in [0.2, 0.25) is 0 Å². The van der Waals surface area contributed by atoms with Gasteiger partial charge in [-0.1, -0.05) is 6.92 Å². The summed E-state index contributed by atoms with van der Waals surface area (Å²) in [6.45, 7) is 5.76. The third-order valence-electron chi connectivity index (χ3n) is 5.07. The van der Waals surface area contributed by atoms with E-state index in [1.165, 1.54) is 7.11 Å². The van der Waals surface area contributed by atoms with Crippen molar-refractivity contribution in [1.29, 1.82) is 0 Å². The van der Waals surface area contributed by atoms with E-state index in [2.05, 4.69) is 26.4 Å². The number of carbonyl (C=O) groups excluding carboxylic acids is 2. The van der Waals surface area contributed by atoms with Crippen molar-refractivity contribution in [3.05, 3.63) is 30.0 Å². The first-order valence-corrected chi connectivity index (χ1v) is 9.78. The molecule has 0 saturated carbocycles. The molecule has 3 atom stereocenters. The number of methoxy groups -OCH3 is 2. The van der Waals surface area contributed by atoms with Gasteiger partial charge in [0.05, 0.1) is 25.8 Å². The average molecular weight is 416 g/mol. The molecule has 2 heterocycles. The van der Waals surface area contributed by atoms with Crippen LogP contribution in [0.3, 0.4) is 0 Å². The van der Waals surface area contributed by atoms with Gasteiger partial charge in [-0.2, -0.15) is 5.10 Å². The number of amides is 3. The van der Waals surface area contributed by atoms with Gasteiger partial charge in [0.1, 0.15) is 5.82 Å². The molecular formula is C20H28N6O4. The van der Waals surface area contributed by atoms with Crippen molar-refractivity contribution >= 4 is 23.4 Å². The maximum absolute atomic E-state index is 12.6. The van der Waals surface area contributed by atoms with Gasteiger partial charge in [-0.05, 0) is 32.4 Å². The summed E-state index contributed by atoms with van der Waals surface area (Å²) < 4.78 is 12.0. The molecule has 1 saturated heterocycles. The lowest BCUT2D eigenvalue weighted by Crippen LogP contribution is -2.57. The molecule has 10 nitrogen and oxygen atoms in total. The number of hydrogen-bond acceptors (Lipinski definition) is 6. The maximum atomic E-state index is 12.6. The van der Waals surface area contributed by atoms with Crippen LogP contribution in [0.15, 0.2) is 24.3 Å². The SMILES string of the molecule is CCC1C(=O)NC(n2nc(C)cc2NC(=O)Nc2ccc(OC)c(OC)c2)NC1C. The second-order valence-corrected chi connectivity index (χ2v) is 7.15. The normalized spacial score (nSPS) is 21.0. The summed E-state index contributed by atoms with van der Waals surface area (Å²) in [7, 11) is 3.07. The lowest BCUT2D eigenvalue weighted by Gasteiger charge is -2.35. The standard InChI is InChI=1S/C20H28N6O4/c1-6-14-12(3)21-19(24-18(14)27)26-17(9-11(2)25-26)23-20(28)22-13-7-8-15(29-4)16(10-13)30-5/h7-10,12,14,19,21H,6H2,1-5H3,(H,24,27)(H2,22,23,28). The number of carbonyl (C=O) groups is 2. The quantitative estimate of drug-likeness (QED) is 0.574. The van der Waals surface area contributed by atoms with E-state index >= 15 is 0 Å². The fourth-order valence-electron chi connectivity index (χ4n) is 3.55. The molecule has 3 amide bonds. The molecule has 1 aliphatic rings. The van der Waals surface area contributed by atoms with Gasteiger partial charge in [0.15, 0.2) is 17.8 Å². The van der Waals surface area contributed by atoms with Gasteiger partial charge in [-0.25, -0.2) is 9.48 Å². The highest BCUT2D eigenvalue weighted by Crippen LogP contribution is 2.30. The zero-order chi connectivity index (χ0) is 21.8. The molecule has 1 aromatic carbocycles. The first-order chi connectivity index (χ1) is 14.4. The molecular weight excluding hydrogens is 388 g/mol. The Kier molecular flexibility index (Phi) is 6.46. The van der Waals surface area contributed by atoms with Gasteiger partial charge in [0, 0.05) is 23.9 Å². The van der Waals surface area contributed by atoms with Crippen LogP contribution < -0.4 is 30.7 Å². The Morgan fingerprint density at radius 3 is 2.57 bits per heavy atom. The Morgan fingerprint density at radius 1 is 1.20 bits per heavy atom. The summed E-state index contributed by atoms with van der Waals surface area (Å²) in [5.74, 6) is 1.37. The fourth-order valence-corrected chi connectivity index (χ4v) is 3.55. The van der Waals surface area contributed by atoms with Gasteiger partial charge in [0.2, 0.25) is 5.91 Å². The number of benzene rings is 1. The number of aromatic nitrogens is 2. The van der Waals surface area contributed by atoms with E-state index in [1.54, 1.807) is 36.1 Å². The minimum absolute atomic E-state index is 0.0216. The summed E-state index contributed by atoms with van der Waals surface area (Å²) >= 11 is 0. The third kappa shape index (κ3) is 4.48. The number of urea groups is 1. The van der Waals surface area contributed by atoms with Crippen LogP contribution >= 0.6 is 0 Å². The van der Waals surface area contributed by atoms with Gasteiger partial charge in [0.25, 0.3) is 0 Å². The lowest BCUT2D eigenvalue weighted by atomic mass is 9.95. The maximum Gasteiger partial charge on any atom is 0.324 e. The molecule has 162 valence electrons. The lowest BCUT2D eigenvalue weighted by molar-refractivity contribution is -0.130. The number of rotatable bonds is 6. The molecule has 3 unspecified atom stereocenters. The highest BCUT2D eigenvalue weighted by atomic mass is 16.5. The highest BCUT2D eigenvalue weighted by molar-refractivity contribution is 5.99. The van der Waals surface area contributed by atoms with Crippen molar-refractivity contribution in [2.45, 2.75) is 39.5 Å². The van der Waals surface area contributed by atoms with Crippen molar-refractivity contribution in [1.82, 2.24) is 20.4 Å². The zero-order valence-corrected chi connectivity index (χ0v) is 17.8. The fraction of sp³-hybridized carbons (Fsp3) is 0.450. The van der Waals surface area contributed by atoms with E-state index in [1.807, 2.05) is 20.8 Å². The van der Waals surface area contributed by atoms with Crippen LogP contribution in [0.4, 0.5) is 16.3 Å². The number of nitrogens with one attached hydrogen (secondary N) is 4.